The number of thiophene rings is 1. The number of halogens is 2. The Kier molecular flexibility index (Phi) is 5.11. The summed E-state index contributed by atoms with van der Waals surface area (Å²) in [6.07, 6.45) is 1.67. The highest BCUT2D eigenvalue weighted by Gasteiger charge is 2.12. The molecule has 0 saturated carbocycles. The minimum absolute atomic E-state index is 0.0337. The van der Waals surface area contributed by atoms with Gasteiger partial charge in [-0.1, -0.05) is 18.1 Å². The summed E-state index contributed by atoms with van der Waals surface area (Å²) in [6.45, 7) is 0.0337. The Hall–Kier alpha value is -1.68. The maximum Gasteiger partial charge on any atom is 0.349 e. The van der Waals surface area contributed by atoms with Gasteiger partial charge in [-0.2, -0.15) is 0 Å². The molecule has 0 amide bonds. The van der Waals surface area contributed by atoms with Crippen LogP contribution in [0.5, 0.6) is 0 Å². The fraction of sp³-hybridized carbons (Fsp3) is 0.0588. The van der Waals surface area contributed by atoms with Gasteiger partial charge in [0.15, 0.2) is 6.61 Å². The quantitative estimate of drug-likeness (QED) is 0.406. The Morgan fingerprint density at radius 1 is 1.26 bits per heavy atom. The van der Waals surface area contributed by atoms with Crippen LogP contribution in [0.15, 0.2) is 51.5 Å². The van der Waals surface area contributed by atoms with Gasteiger partial charge < -0.3 is 4.74 Å². The summed E-state index contributed by atoms with van der Waals surface area (Å²) in [5, 5.41) is 1.02. The number of fused-ring (bicyclic) bond motifs is 1. The minimum Gasteiger partial charge on any atom is -0.448 e. The lowest BCUT2D eigenvalue weighted by molar-refractivity contribution is 0.0562. The Labute approximate surface area is 153 Å². The number of carbonyl (C=O) groups is 1. The summed E-state index contributed by atoms with van der Waals surface area (Å²) < 4.78 is 8.09. The lowest BCUT2D eigenvalue weighted by Crippen LogP contribution is -2.02. The summed E-state index contributed by atoms with van der Waals surface area (Å²) in [4.78, 5) is 16.8. The molecule has 0 bridgehead atoms. The van der Waals surface area contributed by atoms with Crippen LogP contribution in [0.4, 0.5) is 0 Å². The molecular formula is C17H9Br2NO2S. The molecule has 3 aromatic rings. The van der Waals surface area contributed by atoms with Crippen molar-refractivity contribution >= 4 is 59.3 Å². The molecule has 0 aliphatic carbocycles. The van der Waals surface area contributed by atoms with E-state index in [1.807, 2.05) is 30.3 Å². The molecule has 0 aliphatic heterocycles. The zero-order chi connectivity index (χ0) is 16.2. The Bertz CT molecular complexity index is 923. The van der Waals surface area contributed by atoms with Crippen LogP contribution >= 0.6 is 43.2 Å². The molecule has 0 spiro atoms. The van der Waals surface area contributed by atoms with Crippen LogP contribution in [-0.4, -0.2) is 17.6 Å². The summed E-state index contributed by atoms with van der Waals surface area (Å²) in [5.74, 6) is 5.28. The molecule has 0 aliphatic rings. The van der Waals surface area contributed by atoms with Gasteiger partial charge in [0.25, 0.3) is 0 Å². The van der Waals surface area contributed by atoms with Gasteiger partial charge in [0.1, 0.15) is 10.6 Å². The second kappa shape index (κ2) is 7.26. The molecule has 0 unspecified atom stereocenters. The molecule has 3 rings (SSSR count). The third-order valence-electron chi connectivity index (χ3n) is 2.92. The smallest absolute Gasteiger partial charge is 0.349 e. The van der Waals surface area contributed by atoms with Crippen LogP contribution in [0.3, 0.4) is 0 Å². The van der Waals surface area contributed by atoms with Gasteiger partial charge in [0.05, 0.1) is 0 Å². The lowest BCUT2D eigenvalue weighted by Gasteiger charge is -1.96. The van der Waals surface area contributed by atoms with Crippen molar-refractivity contribution in [1.82, 2.24) is 4.98 Å². The molecular weight excluding hydrogens is 442 g/mol. The molecule has 0 radical (unpaired) electrons. The summed E-state index contributed by atoms with van der Waals surface area (Å²) >= 11 is 8.19. The lowest BCUT2D eigenvalue weighted by atomic mass is 10.2. The van der Waals surface area contributed by atoms with Crippen molar-refractivity contribution in [2.24, 2.45) is 0 Å². The minimum atomic E-state index is -0.365. The maximum atomic E-state index is 12.1. The van der Waals surface area contributed by atoms with E-state index in [4.69, 9.17) is 4.74 Å². The summed E-state index contributed by atoms with van der Waals surface area (Å²) in [7, 11) is 0. The molecule has 2 heterocycles. The normalized spacial score (nSPS) is 10.2. The largest absolute Gasteiger partial charge is 0.448 e. The van der Waals surface area contributed by atoms with E-state index in [2.05, 4.69) is 48.7 Å². The molecule has 0 N–H and O–H groups in total. The van der Waals surface area contributed by atoms with Gasteiger partial charge in [0.2, 0.25) is 0 Å². The van der Waals surface area contributed by atoms with Gasteiger partial charge in [0, 0.05) is 19.8 Å². The standard InChI is InChI=1S/C17H9Br2NO2S/c18-12-6-7-13(20-10-12)4-2-8-22-17(21)15-9-11-3-1-5-14(19)16(11)23-15/h1,3,5-7,9-10H,8H2. The first-order valence-electron chi connectivity index (χ1n) is 6.59. The third kappa shape index (κ3) is 3.99. The van der Waals surface area contributed by atoms with Crippen molar-refractivity contribution in [3.05, 3.63) is 62.1 Å². The van der Waals surface area contributed by atoms with Crippen LogP contribution in [0.25, 0.3) is 10.1 Å². The van der Waals surface area contributed by atoms with Crippen molar-refractivity contribution < 1.29 is 9.53 Å². The fourth-order valence-electron chi connectivity index (χ4n) is 1.88. The number of rotatable bonds is 2. The monoisotopic (exact) mass is 449 g/mol. The van der Waals surface area contributed by atoms with Crippen LogP contribution in [0.1, 0.15) is 15.4 Å². The number of pyridine rings is 1. The van der Waals surface area contributed by atoms with E-state index in [1.54, 1.807) is 12.3 Å². The average molecular weight is 451 g/mol. The number of ether oxygens (including phenoxy) is 1. The van der Waals surface area contributed by atoms with E-state index in [0.717, 1.165) is 19.0 Å². The number of esters is 1. The molecule has 0 fully saturated rings. The van der Waals surface area contributed by atoms with Crippen molar-refractivity contribution in [2.45, 2.75) is 0 Å². The molecule has 6 heteroatoms. The van der Waals surface area contributed by atoms with Gasteiger partial charge in [-0.25, -0.2) is 9.78 Å². The molecule has 114 valence electrons. The number of benzene rings is 1. The SMILES string of the molecule is O=C(OCC#Cc1ccc(Br)cn1)c1cc2cccc(Br)c2s1. The van der Waals surface area contributed by atoms with E-state index in [1.165, 1.54) is 11.3 Å². The highest BCUT2D eigenvalue weighted by Crippen LogP contribution is 2.32. The van der Waals surface area contributed by atoms with Crippen LogP contribution in [-0.2, 0) is 4.74 Å². The molecule has 0 saturated heterocycles. The first-order chi connectivity index (χ1) is 11.1. The van der Waals surface area contributed by atoms with E-state index in [9.17, 15) is 4.79 Å². The number of aromatic nitrogens is 1. The zero-order valence-corrected chi connectivity index (χ0v) is 15.7. The second-order valence-electron chi connectivity index (χ2n) is 4.51. The number of nitrogens with zero attached hydrogens (tertiary/aromatic N) is 1. The summed E-state index contributed by atoms with van der Waals surface area (Å²) in [6, 6.07) is 11.3. The fourth-order valence-corrected chi connectivity index (χ4v) is 3.69. The number of carbonyl (C=O) groups excluding carboxylic acids is 1. The topological polar surface area (TPSA) is 39.2 Å². The van der Waals surface area contributed by atoms with Gasteiger partial charge >= 0.3 is 5.97 Å². The predicted molar refractivity (Wildman–Crippen MR) is 98.6 cm³/mol. The Morgan fingerprint density at radius 3 is 2.87 bits per heavy atom. The van der Waals surface area contributed by atoms with Crippen LogP contribution in [0, 0.1) is 11.8 Å². The molecule has 1 aromatic carbocycles. The van der Waals surface area contributed by atoms with E-state index < -0.39 is 0 Å². The maximum absolute atomic E-state index is 12.1. The van der Waals surface area contributed by atoms with Crippen molar-refractivity contribution in [3.63, 3.8) is 0 Å². The van der Waals surface area contributed by atoms with Crippen molar-refractivity contribution in [1.29, 1.82) is 0 Å². The van der Waals surface area contributed by atoms with Crippen LogP contribution < -0.4 is 0 Å². The molecule has 23 heavy (non-hydrogen) atoms. The van der Waals surface area contributed by atoms with Crippen molar-refractivity contribution in [2.75, 3.05) is 6.61 Å². The average Bonchev–Trinajstić information content (AvgIpc) is 2.99. The highest BCUT2D eigenvalue weighted by molar-refractivity contribution is 9.11. The first kappa shape index (κ1) is 16.2. The van der Waals surface area contributed by atoms with Gasteiger partial charge in [-0.15, -0.1) is 11.3 Å². The van der Waals surface area contributed by atoms with E-state index in [0.29, 0.717) is 10.6 Å². The molecule has 2 aromatic heterocycles. The second-order valence-corrected chi connectivity index (χ2v) is 7.33. The highest BCUT2D eigenvalue weighted by atomic mass is 79.9. The summed E-state index contributed by atoms with van der Waals surface area (Å²) in [5.41, 5.74) is 0.634. The number of hydrogen-bond acceptors (Lipinski definition) is 4. The van der Waals surface area contributed by atoms with E-state index in [-0.39, 0.29) is 12.6 Å². The molecule has 0 atom stereocenters. The zero-order valence-electron chi connectivity index (χ0n) is 11.7. The predicted octanol–water partition coefficient (Wildman–Crippen LogP) is 5.03. The van der Waals surface area contributed by atoms with Gasteiger partial charge in [-0.3, -0.25) is 0 Å². The Balaban J connectivity index is 1.65. The van der Waals surface area contributed by atoms with E-state index >= 15 is 0 Å². The number of hydrogen-bond donors (Lipinski definition) is 0. The van der Waals surface area contributed by atoms with Crippen LogP contribution in [0.2, 0.25) is 0 Å². The van der Waals surface area contributed by atoms with Gasteiger partial charge in [-0.05, 0) is 67.4 Å². The Morgan fingerprint density at radius 2 is 2.13 bits per heavy atom. The third-order valence-corrected chi connectivity index (χ3v) is 5.47. The van der Waals surface area contributed by atoms with Crippen molar-refractivity contribution in [3.8, 4) is 11.8 Å². The molecule has 3 nitrogen and oxygen atoms in total. The first-order valence-corrected chi connectivity index (χ1v) is 8.99.